The smallest absolute Gasteiger partial charge is 0.261 e. The molecule has 1 aromatic carbocycles. The summed E-state index contributed by atoms with van der Waals surface area (Å²) >= 11 is 0. The van der Waals surface area contributed by atoms with Crippen LogP contribution in [0, 0.1) is 5.92 Å². The van der Waals surface area contributed by atoms with Crippen LogP contribution in [-0.4, -0.2) is 33.4 Å². The summed E-state index contributed by atoms with van der Waals surface area (Å²) in [6, 6.07) is 7.63. The van der Waals surface area contributed by atoms with E-state index >= 15 is 0 Å². The van der Waals surface area contributed by atoms with Gasteiger partial charge in [0.05, 0.1) is 10.9 Å². The second kappa shape index (κ2) is 10.6. The van der Waals surface area contributed by atoms with E-state index in [9.17, 15) is 9.59 Å². The molecule has 1 aliphatic rings. The van der Waals surface area contributed by atoms with Crippen LogP contribution in [0.15, 0.2) is 29.1 Å². The number of nitrogens with zero attached hydrogens (tertiary/aromatic N) is 3. The minimum atomic E-state index is 0.0773. The molecular formula is C24H35N3O2. The largest absolute Gasteiger partial charge is 0.343 e. The molecule has 0 saturated carbocycles. The predicted octanol–water partition coefficient (Wildman–Crippen LogP) is 4.56. The predicted molar refractivity (Wildman–Crippen MR) is 118 cm³/mol. The first-order chi connectivity index (χ1) is 14.1. The van der Waals surface area contributed by atoms with Gasteiger partial charge in [-0.1, -0.05) is 45.2 Å². The molecule has 0 atom stereocenters. The van der Waals surface area contributed by atoms with Crippen LogP contribution >= 0.6 is 0 Å². The van der Waals surface area contributed by atoms with Crippen molar-refractivity contribution in [2.24, 2.45) is 5.92 Å². The molecule has 1 fully saturated rings. The molecule has 0 spiro atoms. The number of aryl methyl sites for hydroxylation is 1. The number of unbranched alkanes of at least 4 members (excludes halogenated alkanes) is 3. The molecular weight excluding hydrogens is 362 g/mol. The average Bonchev–Trinajstić information content (AvgIpc) is 2.74. The number of hydrogen-bond donors (Lipinski definition) is 0. The molecule has 2 aromatic rings. The number of likely N-dealkylation sites (tertiary alicyclic amines) is 1. The van der Waals surface area contributed by atoms with E-state index in [4.69, 9.17) is 4.98 Å². The molecule has 158 valence electrons. The minimum absolute atomic E-state index is 0.0773. The van der Waals surface area contributed by atoms with Crippen LogP contribution in [0.3, 0.4) is 0 Å². The van der Waals surface area contributed by atoms with E-state index in [0.29, 0.717) is 30.2 Å². The Morgan fingerprint density at radius 2 is 1.83 bits per heavy atom. The van der Waals surface area contributed by atoms with Gasteiger partial charge in [0.25, 0.3) is 5.56 Å². The summed E-state index contributed by atoms with van der Waals surface area (Å²) in [4.78, 5) is 32.3. The average molecular weight is 398 g/mol. The number of carbonyl (C=O) groups is 1. The number of rotatable bonds is 9. The van der Waals surface area contributed by atoms with E-state index in [0.717, 1.165) is 63.0 Å². The summed E-state index contributed by atoms with van der Waals surface area (Å²) in [5.74, 6) is 1.62. The summed E-state index contributed by atoms with van der Waals surface area (Å²) in [6.07, 6.45) is 8.95. The molecule has 1 aromatic heterocycles. The van der Waals surface area contributed by atoms with E-state index in [1.165, 1.54) is 12.8 Å². The van der Waals surface area contributed by atoms with Crippen molar-refractivity contribution in [2.45, 2.75) is 78.2 Å². The van der Waals surface area contributed by atoms with Crippen LogP contribution < -0.4 is 5.56 Å². The standard InChI is InChI=1S/C24H35N3O2/c1-3-5-6-7-13-23(28)26-16-14-19(15-17-26)18-27-22(10-4-2)25-21-12-9-8-11-20(21)24(27)29/h8-9,11-12,19H,3-7,10,13-18H2,1-2H3. The second-order valence-electron chi connectivity index (χ2n) is 8.35. The number of carbonyl (C=O) groups excluding carboxylic acids is 1. The van der Waals surface area contributed by atoms with Gasteiger partial charge >= 0.3 is 0 Å². The van der Waals surface area contributed by atoms with Crippen molar-refractivity contribution in [3.05, 3.63) is 40.4 Å². The maximum absolute atomic E-state index is 13.1. The molecule has 0 bridgehead atoms. The van der Waals surface area contributed by atoms with Crippen LogP contribution in [0.2, 0.25) is 0 Å². The Morgan fingerprint density at radius 1 is 1.07 bits per heavy atom. The summed E-state index contributed by atoms with van der Waals surface area (Å²) in [7, 11) is 0. The van der Waals surface area contributed by atoms with Gasteiger partial charge in [0.2, 0.25) is 5.91 Å². The fraction of sp³-hybridized carbons (Fsp3) is 0.625. The highest BCUT2D eigenvalue weighted by Crippen LogP contribution is 2.21. The van der Waals surface area contributed by atoms with Gasteiger partial charge in [-0.2, -0.15) is 0 Å². The molecule has 0 unspecified atom stereocenters. The van der Waals surface area contributed by atoms with E-state index in [2.05, 4.69) is 13.8 Å². The zero-order valence-corrected chi connectivity index (χ0v) is 18.0. The maximum atomic E-state index is 13.1. The summed E-state index contributed by atoms with van der Waals surface area (Å²) in [5.41, 5.74) is 0.870. The van der Waals surface area contributed by atoms with E-state index in [1.54, 1.807) is 0 Å². The number of aromatic nitrogens is 2. The lowest BCUT2D eigenvalue weighted by molar-refractivity contribution is -0.132. The van der Waals surface area contributed by atoms with Gasteiger partial charge < -0.3 is 4.90 Å². The lowest BCUT2D eigenvalue weighted by Gasteiger charge is -2.32. The first kappa shape index (κ1) is 21.5. The van der Waals surface area contributed by atoms with Gasteiger partial charge in [0.15, 0.2) is 0 Å². The molecule has 1 saturated heterocycles. The van der Waals surface area contributed by atoms with Crippen molar-refractivity contribution in [2.75, 3.05) is 13.1 Å². The van der Waals surface area contributed by atoms with Crippen LogP contribution in [0.25, 0.3) is 10.9 Å². The van der Waals surface area contributed by atoms with Crippen molar-refractivity contribution < 1.29 is 4.79 Å². The molecule has 29 heavy (non-hydrogen) atoms. The van der Waals surface area contributed by atoms with Gasteiger partial charge in [0.1, 0.15) is 5.82 Å². The third-order valence-corrected chi connectivity index (χ3v) is 6.07. The maximum Gasteiger partial charge on any atom is 0.261 e. The molecule has 2 heterocycles. The monoisotopic (exact) mass is 397 g/mol. The number of fused-ring (bicyclic) bond motifs is 1. The number of hydrogen-bond acceptors (Lipinski definition) is 3. The first-order valence-corrected chi connectivity index (χ1v) is 11.4. The Kier molecular flexibility index (Phi) is 7.84. The zero-order valence-electron chi connectivity index (χ0n) is 18.0. The highest BCUT2D eigenvalue weighted by molar-refractivity contribution is 5.77. The second-order valence-corrected chi connectivity index (χ2v) is 8.35. The Labute approximate surface area is 174 Å². The Hall–Kier alpha value is -2.17. The third-order valence-electron chi connectivity index (χ3n) is 6.07. The van der Waals surface area contributed by atoms with Gasteiger partial charge in [-0.3, -0.25) is 14.2 Å². The number of piperidine rings is 1. The minimum Gasteiger partial charge on any atom is -0.343 e. The van der Waals surface area contributed by atoms with Crippen molar-refractivity contribution in [1.82, 2.24) is 14.5 Å². The van der Waals surface area contributed by atoms with E-state index < -0.39 is 0 Å². The van der Waals surface area contributed by atoms with Crippen molar-refractivity contribution in [3.8, 4) is 0 Å². The molecule has 3 rings (SSSR count). The van der Waals surface area contributed by atoms with E-state index in [1.807, 2.05) is 33.7 Å². The molecule has 1 amide bonds. The van der Waals surface area contributed by atoms with Gasteiger partial charge in [0, 0.05) is 32.5 Å². The topological polar surface area (TPSA) is 55.2 Å². The summed E-state index contributed by atoms with van der Waals surface area (Å²) < 4.78 is 1.90. The number of benzene rings is 1. The summed E-state index contributed by atoms with van der Waals surface area (Å²) in [6.45, 7) is 6.65. The number of para-hydroxylation sites is 1. The molecule has 5 nitrogen and oxygen atoms in total. The molecule has 5 heteroatoms. The van der Waals surface area contributed by atoms with Crippen molar-refractivity contribution >= 4 is 16.8 Å². The Bertz CT molecular complexity index is 866. The third kappa shape index (κ3) is 5.46. The van der Waals surface area contributed by atoms with Crippen LogP contribution in [0.4, 0.5) is 0 Å². The normalized spacial score (nSPS) is 15.2. The Balaban J connectivity index is 1.63. The zero-order chi connectivity index (χ0) is 20.6. The van der Waals surface area contributed by atoms with Crippen LogP contribution in [-0.2, 0) is 17.8 Å². The van der Waals surface area contributed by atoms with Gasteiger partial charge in [-0.25, -0.2) is 4.98 Å². The highest BCUT2D eigenvalue weighted by atomic mass is 16.2. The van der Waals surface area contributed by atoms with Crippen molar-refractivity contribution in [1.29, 1.82) is 0 Å². The molecule has 0 aliphatic carbocycles. The Morgan fingerprint density at radius 3 is 2.55 bits per heavy atom. The van der Waals surface area contributed by atoms with Crippen LogP contribution in [0.5, 0.6) is 0 Å². The van der Waals surface area contributed by atoms with Crippen molar-refractivity contribution in [3.63, 3.8) is 0 Å². The van der Waals surface area contributed by atoms with Crippen LogP contribution in [0.1, 0.15) is 71.0 Å². The van der Waals surface area contributed by atoms with Gasteiger partial charge in [-0.05, 0) is 43.7 Å². The number of amides is 1. The molecule has 0 radical (unpaired) electrons. The molecule has 1 aliphatic heterocycles. The lowest BCUT2D eigenvalue weighted by Crippen LogP contribution is -2.40. The summed E-state index contributed by atoms with van der Waals surface area (Å²) in [5, 5.41) is 0.701. The fourth-order valence-corrected chi connectivity index (χ4v) is 4.30. The van der Waals surface area contributed by atoms with Gasteiger partial charge in [-0.15, -0.1) is 0 Å². The highest BCUT2D eigenvalue weighted by Gasteiger charge is 2.24. The van der Waals surface area contributed by atoms with E-state index in [-0.39, 0.29) is 5.56 Å². The molecule has 0 N–H and O–H groups in total. The first-order valence-electron chi connectivity index (χ1n) is 11.4. The SMILES string of the molecule is CCCCCCC(=O)N1CCC(Cn2c(CCC)nc3ccccc3c2=O)CC1. The fourth-order valence-electron chi connectivity index (χ4n) is 4.30. The lowest BCUT2D eigenvalue weighted by atomic mass is 9.96. The quantitative estimate of drug-likeness (QED) is 0.583.